The van der Waals surface area contributed by atoms with E-state index >= 15 is 0 Å². The molecule has 0 radical (unpaired) electrons. The fourth-order valence-electron chi connectivity index (χ4n) is 4.49. The molecular formula is C28H22ClN3O7S. The van der Waals surface area contributed by atoms with E-state index in [4.69, 9.17) is 25.5 Å². The van der Waals surface area contributed by atoms with Crippen LogP contribution in [-0.2, 0) is 9.53 Å². The quantitative estimate of drug-likeness (QED) is 0.177. The highest BCUT2D eigenvalue weighted by Gasteiger charge is 2.33. The van der Waals surface area contributed by atoms with Gasteiger partial charge in [-0.25, -0.2) is 9.79 Å². The maximum atomic E-state index is 13.8. The van der Waals surface area contributed by atoms with Crippen molar-refractivity contribution in [2.45, 2.75) is 19.9 Å². The van der Waals surface area contributed by atoms with Gasteiger partial charge in [-0.15, -0.1) is 0 Å². The smallest absolute Gasteiger partial charge is 0.338 e. The zero-order valence-corrected chi connectivity index (χ0v) is 23.1. The number of thiazole rings is 1. The standard InChI is InChI=1S/C28H22ClN3O7S/c1-4-38-27(34)24-15(2)30-28-31(25(24)16-6-5-7-18(12-16)37-3)26(33)23(40-28)14-19-9-11-22(39-19)20-10-8-17(29)13-21(20)32(35)36/h5-14,25H,4H2,1-3H3/b23-14-. The topological polar surface area (TPSA) is 126 Å². The molecule has 0 fully saturated rings. The molecule has 1 unspecified atom stereocenters. The molecule has 1 atom stereocenters. The van der Waals surface area contributed by atoms with Crippen molar-refractivity contribution in [1.29, 1.82) is 0 Å². The summed E-state index contributed by atoms with van der Waals surface area (Å²) in [6.07, 6.45) is 1.54. The first kappa shape index (κ1) is 27.1. The van der Waals surface area contributed by atoms with Crippen LogP contribution in [0.1, 0.15) is 31.2 Å². The van der Waals surface area contributed by atoms with Crippen LogP contribution in [0.4, 0.5) is 5.69 Å². The summed E-state index contributed by atoms with van der Waals surface area (Å²) < 4.78 is 18.3. The third-order valence-electron chi connectivity index (χ3n) is 6.25. The van der Waals surface area contributed by atoms with Gasteiger partial charge in [-0.1, -0.05) is 35.1 Å². The van der Waals surface area contributed by atoms with Gasteiger partial charge in [-0.05, 0) is 55.8 Å². The van der Waals surface area contributed by atoms with Crippen LogP contribution in [0.2, 0.25) is 5.02 Å². The average molecular weight is 580 g/mol. The molecule has 0 saturated heterocycles. The molecule has 1 aliphatic heterocycles. The first-order valence-electron chi connectivity index (χ1n) is 12.1. The van der Waals surface area contributed by atoms with Gasteiger partial charge in [0.1, 0.15) is 17.3 Å². The summed E-state index contributed by atoms with van der Waals surface area (Å²) in [5.74, 6) is 0.559. The number of fused-ring (bicyclic) bond motifs is 1. The van der Waals surface area contributed by atoms with Crippen molar-refractivity contribution in [3.63, 3.8) is 0 Å². The molecule has 0 saturated carbocycles. The molecule has 204 valence electrons. The molecule has 0 spiro atoms. The predicted octanol–water partition coefficient (Wildman–Crippen LogP) is 4.63. The molecule has 40 heavy (non-hydrogen) atoms. The summed E-state index contributed by atoms with van der Waals surface area (Å²) in [7, 11) is 1.54. The monoisotopic (exact) mass is 579 g/mol. The number of benzene rings is 2. The van der Waals surface area contributed by atoms with Gasteiger partial charge >= 0.3 is 5.97 Å². The lowest BCUT2D eigenvalue weighted by molar-refractivity contribution is -0.384. The number of allylic oxidation sites excluding steroid dienone is 1. The second-order valence-electron chi connectivity index (χ2n) is 8.70. The van der Waals surface area contributed by atoms with E-state index < -0.39 is 16.9 Å². The average Bonchev–Trinajstić information content (AvgIpc) is 3.52. The van der Waals surface area contributed by atoms with Gasteiger partial charge in [0.2, 0.25) is 0 Å². The summed E-state index contributed by atoms with van der Waals surface area (Å²) in [6.45, 7) is 3.58. The van der Waals surface area contributed by atoms with Crippen molar-refractivity contribution in [2.24, 2.45) is 4.99 Å². The van der Waals surface area contributed by atoms with Crippen molar-refractivity contribution in [1.82, 2.24) is 4.57 Å². The molecule has 0 aliphatic carbocycles. The van der Waals surface area contributed by atoms with E-state index in [0.717, 1.165) is 11.3 Å². The Bertz CT molecular complexity index is 1870. The van der Waals surface area contributed by atoms with Crippen molar-refractivity contribution in [2.75, 3.05) is 13.7 Å². The normalized spacial score (nSPS) is 15.0. The van der Waals surface area contributed by atoms with E-state index in [0.29, 0.717) is 32.1 Å². The lowest BCUT2D eigenvalue weighted by Crippen LogP contribution is -2.39. The van der Waals surface area contributed by atoms with Gasteiger partial charge in [-0.2, -0.15) is 0 Å². The molecule has 12 heteroatoms. The summed E-state index contributed by atoms with van der Waals surface area (Å²) in [5, 5.41) is 11.8. The van der Waals surface area contributed by atoms with Crippen LogP contribution in [0.5, 0.6) is 5.75 Å². The van der Waals surface area contributed by atoms with Gasteiger partial charge in [0.15, 0.2) is 4.80 Å². The lowest BCUT2D eigenvalue weighted by atomic mass is 9.95. The number of nitro benzene ring substituents is 1. The van der Waals surface area contributed by atoms with Crippen molar-refractivity contribution in [3.8, 4) is 17.1 Å². The Hall–Kier alpha value is -4.48. The molecule has 3 heterocycles. The largest absolute Gasteiger partial charge is 0.497 e. The Morgan fingerprint density at radius 1 is 1.25 bits per heavy atom. The Labute approximate surface area is 236 Å². The maximum Gasteiger partial charge on any atom is 0.338 e. The number of hydrogen-bond acceptors (Lipinski definition) is 9. The van der Waals surface area contributed by atoms with E-state index in [1.165, 1.54) is 29.9 Å². The minimum absolute atomic E-state index is 0.164. The van der Waals surface area contributed by atoms with E-state index in [-0.39, 0.29) is 39.8 Å². The number of rotatable bonds is 7. The second-order valence-corrected chi connectivity index (χ2v) is 10.1. The fourth-order valence-corrected chi connectivity index (χ4v) is 5.68. The number of nitrogens with zero attached hydrogens (tertiary/aromatic N) is 3. The highest BCUT2D eigenvalue weighted by molar-refractivity contribution is 7.07. The summed E-state index contributed by atoms with van der Waals surface area (Å²) >= 11 is 7.07. The van der Waals surface area contributed by atoms with Crippen molar-refractivity contribution in [3.05, 3.63) is 112 Å². The Balaban J connectivity index is 1.64. The van der Waals surface area contributed by atoms with Crippen LogP contribution in [0.3, 0.4) is 0 Å². The molecule has 0 amide bonds. The van der Waals surface area contributed by atoms with E-state index in [1.54, 1.807) is 56.3 Å². The number of carbonyl (C=O) groups is 1. The van der Waals surface area contributed by atoms with Crippen LogP contribution in [-0.4, -0.2) is 29.2 Å². The fraction of sp³-hybridized carbons (Fsp3) is 0.179. The molecule has 2 aromatic carbocycles. The molecule has 0 N–H and O–H groups in total. The van der Waals surface area contributed by atoms with Gasteiger partial charge in [0, 0.05) is 17.2 Å². The van der Waals surface area contributed by atoms with Crippen molar-refractivity contribution >= 4 is 40.7 Å². The van der Waals surface area contributed by atoms with Crippen LogP contribution in [0, 0.1) is 10.1 Å². The number of halogens is 1. The SMILES string of the molecule is CCOC(=O)C1=C(C)N=c2s/c(=C\c3ccc(-c4ccc(Cl)cc4[N+](=O)[O-])o3)c(=O)n2C1c1cccc(OC)c1. The zero-order chi connectivity index (χ0) is 28.6. The molecular weight excluding hydrogens is 558 g/mol. The van der Waals surface area contributed by atoms with Gasteiger partial charge in [0.05, 0.1) is 46.0 Å². The summed E-state index contributed by atoms with van der Waals surface area (Å²) in [4.78, 5) is 42.8. The Morgan fingerprint density at radius 2 is 2.05 bits per heavy atom. The van der Waals surface area contributed by atoms with Gasteiger partial charge < -0.3 is 13.9 Å². The minimum Gasteiger partial charge on any atom is -0.497 e. The Kier molecular flexibility index (Phi) is 7.42. The molecule has 1 aliphatic rings. The highest BCUT2D eigenvalue weighted by Crippen LogP contribution is 2.34. The maximum absolute atomic E-state index is 13.8. The molecule has 5 rings (SSSR count). The van der Waals surface area contributed by atoms with Crippen LogP contribution >= 0.6 is 22.9 Å². The summed E-state index contributed by atoms with van der Waals surface area (Å²) in [6, 6.07) is 13.8. The zero-order valence-electron chi connectivity index (χ0n) is 21.5. The van der Waals surface area contributed by atoms with Crippen LogP contribution in [0.15, 0.2) is 80.1 Å². The second kappa shape index (κ2) is 10.9. The number of ether oxygens (including phenoxy) is 2. The third kappa shape index (κ3) is 4.96. The number of methoxy groups -OCH3 is 1. The molecule has 4 aromatic rings. The minimum atomic E-state index is -0.795. The number of esters is 1. The van der Waals surface area contributed by atoms with Crippen molar-refractivity contribution < 1.29 is 23.6 Å². The molecule has 2 aromatic heterocycles. The molecule has 0 bridgehead atoms. The third-order valence-corrected chi connectivity index (χ3v) is 7.47. The van der Waals surface area contributed by atoms with Gasteiger partial charge in [0.25, 0.3) is 11.2 Å². The highest BCUT2D eigenvalue weighted by atomic mass is 35.5. The first-order valence-corrected chi connectivity index (χ1v) is 13.3. The van der Waals surface area contributed by atoms with E-state index in [1.807, 2.05) is 0 Å². The first-order chi connectivity index (χ1) is 19.2. The number of hydrogen-bond donors (Lipinski definition) is 0. The number of furan rings is 1. The van der Waals surface area contributed by atoms with E-state index in [9.17, 15) is 19.7 Å². The molecule has 10 nitrogen and oxygen atoms in total. The number of aromatic nitrogens is 1. The van der Waals surface area contributed by atoms with E-state index in [2.05, 4.69) is 4.99 Å². The predicted molar refractivity (Wildman–Crippen MR) is 149 cm³/mol. The van der Waals surface area contributed by atoms with Crippen LogP contribution in [0.25, 0.3) is 17.4 Å². The number of carbonyl (C=O) groups excluding carboxylic acids is 1. The Morgan fingerprint density at radius 3 is 2.77 bits per heavy atom. The lowest BCUT2D eigenvalue weighted by Gasteiger charge is -2.24. The number of nitro groups is 1. The van der Waals surface area contributed by atoms with Gasteiger partial charge in [-0.3, -0.25) is 19.5 Å². The van der Waals surface area contributed by atoms with Crippen LogP contribution < -0.4 is 19.6 Å². The summed E-state index contributed by atoms with van der Waals surface area (Å²) in [5.41, 5.74) is 1.01.